The topological polar surface area (TPSA) is 103 Å². The molecule has 0 atom stereocenters. The average Bonchev–Trinajstić information content (AvgIpc) is 1.59. The molecule has 0 unspecified atom stereocenters. The van der Waals surface area contributed by atoms with E-state index in [0.717, 1.165) is 6.92 Å². The summed E-state index contributed by atoms with van der Waals surface area (Å²) < 4.78 is 0. The zero-order chi connectivity index (χ0) is 8.31. The van der Waals surface area contributed by atoms with Crippen molar-refractivity contribution in [1.29, 1.82) is 0 Å². The van der Waals surface area contributed by atoms with Gasteiger partial charge < -0.3 is 0 Å². The summed E-state index contributed by atoms with van der Waals surface area (Å²) in [6, 6.07) is 0. The van der Waals surface area contributed by atoms with E-state index in [0.29, 0.717) is 0 Å². The van der Waals surface area contributed by atoms with E-state index in [9.17, 15) is 25.0 Å². The lowest BCUT2D eigenvalue weighted by molar-refractivity contribution is -0.722. The third kappa shape index (κ3) is 1.77. The summed E-state index contributed by atoms with van der Waals surface area (Å²) in [7, 11) is 0. The van der Waals surface area contributed by atoms with E-state index in [2.05, 4.69) is 0 Å². The van der Waals surface area contributed by atoms with Gasteiger partial charge in [-0.1, -0.05) is 0 Å². The highest BCUT2D eigenvalue weighted by Crippen LogP contribution is 1.91. The smallest absolute Gasteiger partial charge is 0.284 e. The normalized spacial score (nSPS) is 9.40. The Morgan fingerprint density at radius 2 is 1.60 bits per heavy atom. The van der Waals surface area contributed by atoms with Gasteiger partial charge in [0.25, 0.3) is 5.78 Å². The number of carbonyl (C=O) groups is 1. The van der Waals surface area contributed by atoms with Crippen molar-refractivity contribution in [3.63, 3.8) is 0 Å². The van der Waals surface area contributed by atoms with Gasteiger partial charge in [0, 0.05) is 6.92 Å². The number of carbonyl (C=O) groups excluding carboxylic acids is 1. The molecule has 0 spiro atoms. The molecule has 0 aromatic carbocycles. The number of nitro groups is 2. The van der Waals surface area contributed by atoms with Crippen LogP contribution in [-0.4, -0.2) is 21.8 Å². The van der Waals surface area contributed by atoms with Crippen molar-refractivity contribution < 1.29 is 14.6 Å². The molecule has 0 aliphatic rings. The Morgan fingerprint density at radius 1 is 1.30 bits per heavy atom. The van der Waals surface area contributed by atoms with Crippen LogP contribution in [0.1, 0.15) is 6.92 Å². The maximum Gasteiger partial charge on any atom is 0.507 e. The summed E-state index contributed by atoms with van der Waals surface area (Å²) in [6.45, 7) is 0.802. The third-order valence-electron chi connectivity index (χ3n) is 0.763. The fourth-order valence-corrected chi connectivity index (χ4v) is 0.374. The van der Waals surface area contributed by atoms with Crippen LogP contribution in [0.3, 0.4) is 0 Å². The van der Waals surface area contributed by atoms with E-state index in [1.54, 1.807) is 0 Å². The van der Waals surface area contributed by atoms with Gasteiger partial charge in [0.1, 0.15) is 9.85 Å². The highest BCUT2D eigenvalue weighted by Gasteiger charge is 2.37. The first-order valence-corrected chi connectivity index (χ1v) is 2.24. The lowest BCUT2D eigenvalue weighted by Crippen LogP contribution is -2.35. The van der Waals surface area contributed by atoms with Crippen LogP contribution in [0.2, 0.25) is 0 Å². The predicted octanol–water partition coefficient (Wildman–Crippen LogP) is -0.545. The number of Topliss-reactive ketones (excluding diaryl/α,β-unsaturated/α-hetero) is 1. The Hall–Kier alpha value is -1.53. The average molecular weight is 148 g/mol. The van der Waals surface area contributed by atoms with Gasteiger partial charge in [0.2, 0.25) is 0 Å². The summed E-state index contributed by atoms with van der Waals surface area (Å²) >= 11 is 0. The molecule has 0 aliphatic heterocycles. The molecule has 0 aromatic rings. The zero-order valence-corrected chi connectivity index (χ0v) is 5.01. The van der Waals surface area contributed by atoms with E-state index in [4.69, 9.17) is 0 Å². The number of hydrogen-bond acceptors (Lipinski definition) is 5. The molecule has 10 heavy (non-hydrogen) atoms. The summed E-state index contributed by atoms with van der Waals surface area (Å²) in [5.41, 5.74) is 0. The second-order valence-corrected chi connectivity index (χ2v) is 1.56. The molecular weight excluding hydrogens is 144 g/mol. The molecule has 7 heteroatoms. The van der Waals surface area contributed by atoms with Gasteiger partial charge in [-0.15, -0.1) is 0 Å². The molecule has 0 aromatic heterocycles. The number of hydrogen-bond donors (Lipinski definition) is 0. The maximum absolute atomic E-state index is 10.1. The Morgan fingerprint density at radius 3 is 1.60 bits per heavy atom. The van der Waals surface area contributed by atoms with Crippen LogP contribution in [-0.2, 0) is 4.79 Å². The summed E-state index contributed by atoms with van der Waals surface area (Å²) in [5.74, 6) is -1.07. The minimum absolute atomic E-state index is 0.802. The third-order valence-corrected chi connectivity index (χ3v) is 0.763. The molecule has 0 aliphatic carbocycles. The van der Waals surface area contributed by atoms with Gasteiger partial charge in [-0.3, -0.25) is 25.0 Å². The first kappa shape index (κ1) is 8.47. The van der Waals surface area contributed by atoms with Crippen molar-refractivity contribution in [1.82, 2.24) is 0 Å². The van der Waals surface area contributed by atoms with Crippen LogP contribution in [0, 0.1) is 20.2 Å². The molecule has 7 nitrogen and oxygen atoms in total. The SMILES string of the molecule is CC(=O)C([N+](=O)[O-])[N+](=O)[O-]. The molecule has 0 fully saturated rings. The van der Waals surface area contributed by atoms with Crippen LogP contribution < -0.4 is 0 Å². The summed E-state index contributed by atoms with van der Waals surface area (Å²) in [4.78, 5) is 27.1. The molecule has 56 valence electrons. The lowest BCUT2D eigenvalue weighted by atomic mass is 10.4. The Bertz CT molecular complexity index is 154. The lowest BCUT2D eigenvalue weighted by Gasteiger charge is -1.94. The standard InChI is InChI=1S/C3H4N2O5/c1-2(6)3(4(7)8)5(9)10/h3H,1H3. The fraction of sp³-hybridized carbons (Fsp3) is 0.667. The molecule has 0 heterocycles. The Balaban J connectivity index is 4.43. The molecule has 0 rings (SSSR count). The summed E-state index contributed by atoms with van der Waals surface area (Å²) in [6.07, 6.45) is -2.31. The van der Waals surface area contributed by atoms with Gasteiger partial charge >= 0.3 is 6.17 Å². The molecule has 0 bridgehead atoms. The first-order valence-electron chi connectivity index (χ1n) is 2.24. The van der Waals surface area contributed by atoms with E-state index >= 15 is 0 Å². The minimum atomic E-state index is -2.31. The molecule has 0 amide bonds. The number of rotatable bonds is 3. The molecule has 0 N–H and O–H groups in total. The highest BCUT2D eigenvalue weighted by molar-refractivity contribution is 5.78. The zero-order valence-electron chi connectivity index (χ0n) is 5.01. The van der Waals surface area contributed by atoms with E-state index in [1.165, 1.54) is 0 Å². The van der Waals surface area contributed by atoms with Gasteiger partial charge in [0.05, 0.1) is 0 Å². The van der Waals surface area contributed by atoms with Crippen molar-refractivity contribution >= 4 is 5.78 Å². The molecular formula is C3H4N2O5. The van der Waals surface area contributed by atoms with Crippen LogP contribution >= 0.6 is 0 Å². The van der Waals surface area contributed by atoms with Gasteiger partial charge in [-0.25, -0.2) is 0 Å². The summed E-state index contributed by atoms with van der Waals surface area (Å²) in [5, 5.41) is 19.5. The monoisotopic (exact) mass is 148 g/mol. The van der Waals surface area contributed by atoms with Crippen molar-refractivity contribution in [3.05, 3.63) is 20.2 Å². The second kappa shape index (κ2) is 2.85. The molecule has 0 saturated carbocycles. The van der Waals surface area contributed by atoms with Crippen LogP contribution in [0.25, 0.3) is 0 Å². The van der Waals surface area contributed by atoms with Gasteiger partial charge in [-0.2, -0.15) is 0 Å². The van der Waals surface area contributed by atoms with E-state index < -0.39 is 21.8 Å². The molecule has 0 radical (unpaired) electrons. The molecule has 0 saturated heterocycles. The minimum Gasteiger partial charge on any atom is -0.284 e. The Labute approximate surface area is 54.9 Å². The predicted molar refractivity (Wildman–Crippen MR) is 28.5 cm³/mol. The van der Waals surface area contributed by atoms with Crippen LogP contribution in [0.4, 0.5) is 0 Å². The number of nitrogens with zero attached hydrogens (tertiary/aromatic N) is 2. The van der Waals surface area contributed by atoms with Crippen molar-refractivity contribution in [3.8, 4) is 0 Å². The van der Waals surface area contributed by atoms with Crippen LogP contribution in [0.5, 0.6) is 0 Å². The fourth-order valence-electron chi connectivity index (χ4n) is 0.374. The highest BCUT2D eigenvalue weighted by atomic mass is 16.7. The maximum atomic E-state index is 10.1. The number of ketones is 1. The van der Waals surface area contributed by atoms with Gasteiger partial charge in [-0.05, 0) is 0 Å². The first-order chi connectivity index (χ1) is 4.46. The second-order valence-electron chi connectivity index (χ2n) is 1.56. The van der Waals surface area contributed by atoms with Crippen molar-refractivity contribution in [2.24, 2.45) is 0 Å². The van der Waals surface area contributed by atoms with Crippen molar-refractivity contribution in [2.45, 2.75) is 13.1 Å². The van der Waals surface area contributed by atoms with E-state index in [-0.39, 0.29) is 0 Å². The quantitative estimate of drug-likeness (QED) is 0.303. The van der Waals surface area contributed by atoms with Gasteiger partial charge in [0.15, 0.2) is 0 Å². The van der Waals surface area contributed by atoms with Crippen LogP contribution in [0.15, 0.2) is 0 Å². The van der Waals surface area contributed by atoms with Crippen molar-refractivity contribution in [2.75, 3.05) is 0 Å². The largest absolute Gasteiger partial charge is 0.507 e. The van der Waals surface area contributed by atoms with E-state index in [1.807, 2.05) is 0 Å². The Kier molecular flexibility index (Phi) is 2.42.